The summed E-state index contributed by atoms with van der Waals surface area (Å²) in [6.07, 6.45) is 0.193. The number of anilines is 1. The average molecular weight is 374 g/mol. The standard InChI is InChI=1S/C19H17F3N4O/c20-19(21,22)14-5-1-3-12(9-14)16(27)13-4-2-8-26(10-13)18-15-6-7-23-17(15)24-11-25-18/h1,3,5-7,9,11,13H,2,4,8,10H2,(H,23,24,25)/t13-/m0/s1. The summed E-state index contributed by atoms with van der Waals surface area (Å²) in [7, 11) is 0. The van der Waals surface area contributed by atoms with Crippen molar-refractivity contribution in [1.82, 2.24) is 15.0 Å². The molecule has 0 bridgehead atoms. The largest absolute Gasteiger partial charge is 0.416 e. The lowest BCUT2D eigenvalue weighted by Gasteiger charge is -2.33. The van der Waals surface area contributed by atoms with Crippen LogP contribution in [0.3, 0.4) is 0 Å². The van der Waals surface area contributed by atoms with Crippen molar-refractivity contribution in [2.75, 3.05) is 18.0 Å². The highest BCUT2D eigenvalue weighted by molar-refractivity contribution is 5.98. The van der Waals surface area contributed by atoms with Crippen molar-refractivity contribution in [3.63, 3.8) is 0 Å². The van der Waals surface area contributed by atoms with Gasteiger partial charge in [-0.3, -0.25) is 4.79 Å². The summed E-state index contributed by atoms with van der Waals surface area (Å²) in [5.41, 5.74) is 0.0170. The van der Waals surface area contributed by atoms with E-state index in [9.17, 15) is 18.0 Å². The zero-order valence-corrected chi connectivity index (χ0v) is 14.3. The summed E-state index contributed by atoms with van der Waals surface area (Å²) < 4.78 is 38.8. The molecule has 5 nitrogen and oxygen atoms in total. The molecule has 3 heterocycles. The highest BCUT2D eigenvalue weighted by atomic mass is 19.4. The summed E-state index contributed by atoms with van der Waals surface area (Å²) in [6, 6.07) is 6.53. The van der Waals surface area contributed by atoms with Crippen molar-refractivity contribution in [3.8, 4) is 0 Å². The predicted octanol–water partition coefficient (Wildman–Crippen LogP) is 4.08. The van der Waals surface area contributed by atoms with Gasteiger partial charge in [-0.1, -0.05) is 12.1 Å². The molecule has 0 saturated carbocycles. The van der Waals surface area contributed by atoms with Crippen LogP contribution in [-0.2, 0) is 6.18 Å². The Bertz CT molecular complexity index is 982. The normalized spacial score (nSPS) is 18.0. The zero-order valence-electron chi connectivity index (χ0n) is 14.3. The summed E-state index contributed by atoms with van der Waals surface area (Å²) in [5, 5.41) is 0.865. The average Bonchev–Trinajstić information content (AvgIpc) is 3.16. The topological polar surface area (TPSA) is 61.9 Å². The quantitative estimate of drug-likeness (QED) is 0.702. The van der Waals surface area contributed by atoms with E-state index < -0.39 is 11.7 Å². The van der Waals surface area contributed by atoms with Gasteiger partial charge in [0.1, 0.15) is 17.8 Å². The molecule has 0 aliphatic carbocycles. The number of hydrogen-bond donors (Lipinski definition) is 1. The van der Waals surface area contributed by atoms with Crippen LogP contribution in [0.15, 0.2) is 42.9 Å². The number of nitrogens with one attached hydrogen (secondary N) is 1. The molecule has 1 fully saturated rings. The Labute approximate surface area is 153 Å². The van der Waals surface area contributed by atoms with Gasteiger partial charge < -0.3 is 9.88 Å². The third-order valence-corrected chi connectivity index (χ3v) is 4.90. The second kappa shape index (κ2) is 6.68. The second-order valence-electron chi connectivity index (χ2n) is 6.67. The van der Waals surface area contributed by atoms with E-state index >= 15 is 0 Å². The van der Waals surface area contributed by atoms with E-state index in [0.29, 0.717) is 18.6 Å². The number of rotatable bonds is 3. The minimum absolute atomic E-state index is 0.103. The molecule has 1 aromatic carbocycles. The van der Waals surface area contributed by atoms with Gasteiger partial charge >= 0.3 is 6.18 Å². The molecule has 1 atom stereocenters. The van der Waals surface area contributed by atoms with Gasteiger partial charge in [-0.2, -0.15) is 13.2 Å². The monoisotopic (exact) mass is 374 g/mol. The molecule has 27 heavy (non-hydrogen) atoms. The summed E-state index contributed by atoms with van der Waals surface area (Å²) in [5.74, 6) is 0.110. The van der Waals surface area contributed by atoms with Crippen molar-refractivity contribution >= 4 is 22.6 Å². The fraction of sp³-hybridized carbons (Fsp3) is 0.316. The SMILES string of the molecule is O=C(c1cccc(C(F)(F)F)c1)[C@H]1CCCN(c2ncnc3[nH]ccc23)C1. The highest BCUT2D eigenvalue weighted by Gasteiger charge is 2.33. The molecule has 1 aliphatic heterocycles. The van der Waals surface area contributed by atoms with Crippen molar-refractivity contribution < 1.29 is 18.0 Å². The lowest BCUT2D eigenvalue weighted by Crippen LogP contribution is -2.39. The number of Topliss-reactive ketones (excluding diaryl/α,β-unsaturated/α-hetero) is 1. The number of aromatic amines is 1. The van der Waals surface area contributed by atoms with Crippen LogP contribution in [-0.4, -0.2) is 33.8 Å². The van der Waals surface area contributed by atoms with Gasteiger partial charge in [0.15, 0.2) is 5.78 Å². The van der Waals surface area contributed by atoms with Crippen LogP contribution >= 0.6 is 0 Å². The van der Waals surface area contributed by atoms with E-state index in [4.69, 9.17) is 0 Å². The van der Waals surface area contributed by atoms with Crippen molar-refractivity contribution in [2.24, 2.45) is 5.92 Å². The van der Waals surface area contributed by atoms with Gasteiger partial charge in [0, 0.05) is 30.8 Å². The Kier molecular flexibility index (Phi) is 4.33. The first-order chi connectivity index (χ1) is 12.9. The molecule has 8 heteroatoms. The van der Waals surface area contributed by atoms with Gasteiger partial charge in [0.2, 0.25) is 0 Å². The van der Waals surface area contributed by atoms with Crippen LogP contribution in [0.25, 0.3) is 11.0 Å². The fourth-order valence-corrected chi connectivity index (χ4v) is 3.58. The van der Waals surface area contributed by atoms with Crippen LogP contribution in [0, 0.1) is 5.92 Å². The minimum atomic E-state index is -4.46. The number of hydrogen-bond acceptors (Lipinski definition) is 4. The first-order valence-corrected chi connectivity index (χ1v) is 8.68. The lowest BCUT2D eigenvalue weighted by atomic mass is 9.89. The van der Waals surface area contributed by atoms with Gasteiger partial charge in [0.25, 0.3) is 0 Å². The summed E-state index contributed by atoms with van der Waals surface area (Å²) in [6.45, 7) is 1.16. The van der Waals surface area contributed by atoms with E-state index in [1.807, 2.05) is 11.0 Å². The maximum atomic E-state index is 12.9. The van der Waals surface area contributed by atoms with E-state index in [1.54, 1.807) is 6.20 Å². The number of fused-ring (bicyclic) bond motifs is 1. The number of alkyl halides is 3. The van der Waals surface area contributed by atoms with Crippen LogP contribution in [0.2, 0.25) is 0 Å². The Morgan fingerprint density at radius 3 is 2.89 bits per heavy atom. The minimum Gasteiger partial charge on any atom is -0.355 e. The molecule has 3 aromatic rings. The Balaban J connectivity index is 1.58. The molecule has 140 valence electrons. The first-order valence-electron chi connectivity index (χ1n) is 8.68. The Morgan fingerprint density at radius 1 is 1.22 bits per heavy atom. The Morgan fingerprint density at radius 2 is 2.07 bits per heavy atom. The molecule has 1 saturated heterocycles. The molecule has 0 unspecified atom stereocenters. The van der Waals surface area contributed by atoms with Crippen LogP contribution < -0.4 is 4.90 Å². The van der Waals surface area contributed by atoms with E-state index in [2.05, 4.69) is 15.0 Å². The van der Waals surface area contributed by atoms with Crippen molar-refractivity contribution in [3.05, 3.63) is 54.0 Å². The maximum Gasteiger partial charge on any atom is 0.416 e. The van der Waals surface area contributed by atoms with Gasteiger partial charge in [0.05, 0.1) is 10.9 Å². The Hall–Kier alpha value is -2.90. The van der Waals surface area contributed by atoms with E-state index in [1.165, 1.54) is 18.5 Å². The number of benzene rings is 1. The van der Waals surface area contributed by atoms with Gasteiger partial charge in [-0.05, 0) is 31.0 Å². The molecular weight excluding hydrogens is 357 g/mol. The number of aromatic nitrogens is 3. The van der Waals surface area contributed by atoms with Crippen LogP contribution in [0.4, 0.5) is 19.0 Å². The number of ketones is 1. The zero-order chi connectivity index (χ0) is 19.0. The maximum absolute atomic E-state index is 12.9. The van der Waals surface area contributed by atoms with Crippen molar-refractivity contribution in [2.45, 2.75) is 19.0 Å². The summed E-state index contributed by atoms with van der Waals surface area (Å²) >= 11 is 0. The van der Waals surface area contributed by atoms with Gasteiger partial charge in [-0.15, -0.1) is 0 Å². The molecule has 0 spiro atoms. The summed E-state index contributed by atoms with van der Waals surface area (Å²) in [4.78, 5) is 26.4. The van der Waals surface area contributed by atoms with Gasteiger partial charge in [-0.25, -0.2) is 9.97 Å². The first kappa shape index (κ1) is 17.5. The molecular formula is C19H17F3N4O. The molecule has 0 radical (unpaired) electrons. The lowest BCUT2D eigenvalue weighted by molar-refractivity contribution is -0.137. The van der Waals surface area contributed by atoms with Crippen LogP contribution in [0.5, 0.6) is 0 Å². The van der Waals surface area contributed by atoms with Crippen LogP contribution in [0.1, 0.15) is 28.8 Å². The molecule has 0 amide bonds. The van der Waals surface area contributed by atoms with Crippen molar-refractivity contribution in [1.29, 1.82) is 0 Å². The molecule has 1 N–H and O–H groups in total. The molecule has 4 rings (SSSR count). The third kappa shape index (κ3) is 3.39. The fourth-order valence-electron chi connectivity index (χ4n) is 3.58. The second-order valence-corrected chi connectivity index (χ2v) is 6.67. The highest BCUT2D eigenvalue weighted by Crippen LogP contribution is 2.32. The number of H-pyrrole nitrogens is 1. The van der Waals surface area contributed by atoms with E-state index in [-0.39, 0.29) is 17.3 Å². The molecule has 2 aromatic heterocycles. The number of piperidine rings is 1. The number of nitrogens with zero attached hydrogens (tertiary/aromatic N) is 3. The smallest absolute Gasteiger partial charge is 0.355 e. The number of halogens is 3. The number of carbonyl (C=O) groups is 1. The predicted molar refractivity (Wildman–Crippen MR) is 94.6 cm³/mol. The number of carbonyl (C=O) groups excluding carboxylic acids is 1. The van der Waals surface area contributed by atoms with E-state index in [0.717, 1.165) is 36.3 Å². The molecule has 1 aliphatic rings. The third-order valence-electron chi connectivity index (χ3n) is 4.90.